The molecule has 1 aromatic heterocycles. The summed E-state index contributed by atoms with van der Waals surface area (Å²) < 4.78 is 4.92. The number of guanidine groups is 1. The average molecular weight is 553 g/mol. The number of nitrogens with one attached hydrogen (secondary N) is 2. The van der Waals surface area contributed by atoms with Crippen LogP contribution in [0.5, 0.6) is 0 Å². The smallest absolute Gasteiger partial charge is 0.321 e. The number of amides is 2. The van der Waals surface area contributed by atoms with Gasteiger partial charge in [-0.1, -0.05) is 17.3 Å². The van der Waals surface area contributed by atoms with Crippen molar-refractivity contribution in [1.82, 2.24) is 25.2 Å². The Bertz CT molecular complexity index is 876. The Kier molecular flexibility index (Phi) is 9.15. The minimum atomic E-state index is -0.0121. The number of aliphatic imine (C=N–C) groups is 1. The van der Waals surface area contributed by atoms with Crippen LogP contribution in [0.2, 0.25) is 0 Å². The van der Waals surface area contributed by atoms with Gasteiger partial charge in [0.05, 0.1) is 5.69 Å². The highest BCUT2D eigenvalue weighted by Crippen LogP contribution is 2.14. The number of urea groups is 1. The van der Waals surface area contributed by atoms with Gasteiger partial charge in [-0.05, 0) is 30.5 Å². The second kappa shape index (κ2) is 12.0. The molecule has 32 heavy (non-hydrogen) atoms. The summed E-state index contributed by atoms with van der Waals surface area (Å²) in [6.45, 7) is 6.86. The van der Waals surface area contributed by atoms with Gasteiger partial charge in [-0.25, -0.2) is 4.79 Å². The molecule has 1 aromatic carbocycles. The molecule has 3 heterocycles. The van der Waals surface area contributed by atoms with Crippen LogP contribution in [0.1, 0.15) is 24.1 Å². The van der Waals surface area contributed by atoms with E-state index in [0.29, 0.717) is 6.54 Å². The lowest BCUT2D eigenvalue weighted by atomic mass is 10.2. The first-order chi connectivity index (χ1) is 15.2. The molecule has 0 bridgehead atoms. The molecular weight excluding hydrogens is 521 g/mol. The van der Waals surface area contributed by atoms with Gasteiger partial charge in [-0.2, -0.15) is 0 Å². The molecule has 0 radical (unpaired) electrons. The largest absolute Gasteiger partial charge is 0.364 e. The van der Waals surface area contributed by atoms with Crippen LogP contribution in [-0.2, 0) is 13.1 Å². The molecule has 0 spiro atoms. The lowest BCUT2D eigenvalue weighted by Crippen LogP contribution is -2.52. The number of aromatic nitrogens is 1. The van der Waals surface area contributed by atoms with Crippen LogP contribution in [0.4, 0.5) is 10.5 Å². The minimum absolute atomic E-state index is 0. The zero-order valence-corrected chi connectivity index (χ0v) is 20.8. The van der Waals surface area contributed by atoms with Crippen LogP contribution < -0.4 is 10.6 Å². The van der Waals surface area contributed by atoms with Crippen molar-refractivity contribution in [2.24, 2.45) is 4.99 Å². The topological polar surface area (TPSA) is 89.2 Å². The van der Waals surface area contributed by atoms with E-state index in [9.17, 15) is 4.79 Å². The first-order valence-corrected chi connectivity index (χ1v) is 10.9. The number of piperazine rings is 1. The molecule has 0 unspecified atom stereocenters. The van der Waals surface area contributed by atoms with Gasteiger partial charge >= 0.3 is 6.03 Å². The van der Waals surface area contributed by atoms with E-state index in [-0.39, 0.29) is 30.0 Å². The van der Waals surface area contributed by atoms with E-state index >= 15 is 0 Å². The number of halogens is 1. The summed E-state index contributed by atoms with van der Waals surface area (Å²) in [5.74, 6) is 0.896. The summed E-state index contributed by atoms with van der Waals surface area (Å²) in [7, 11) is 1.82. The molecule has 2 fully saturated rings. The fourth-order valence-electron chi connectivity index (χ4n) is 4.06. The van der Waals surface area contributed by atoms with Crippen LogP contribution in [-0.4, -0.2) is 78.2 Å². The van der Waals surface area contributed by atoms with Crippen molar-refractivity contribution in [1.29, 1.82) is 0 Å². The van der Waals surface area contributed by atoms with E-state index in [1.165, 1.54) is 0 Å². The lowest BCUT2D eigenvalue weighted by Gasteiger charge is -2.36. The molecular formula is C22H32IN7O2. The van der Waals surface area contributed by atoms with Crippen LogP contribution >= 0.6 is 24.0 Å². The number of anilines is 1. The van der Waals surface area contributed by atoms with Crippen molar-refractivity contribution in [2.45, 2.75) is 25.9 Å². The standard InChI is InChI=1S/C22H31N7O2.HI/c1-23-21(28-12-10-27(11-13-28)17-20-7-14-31-26-20)24-16-18-5-4-6-19(15-18)25-22(30)29-8-2-3-9-29;/h4-7,14-15H,2-3,8-13,16-17H2,1H3,(H,23,24)(H,25,30);1H. The third kappa shape index (κ3) is 6.58. The maximum absolute atomic E-state index is 12.3. The summed E-state index contributed by atoms with van der Waals surface area (Å²) in [5, 5.41) is 10.5. The molecule has 2 aliphatic rings. The van der Waals surface area contributed by atoms with E-state index < -0.39 is 0 Å². The average Bonchev–Trinajstić information content (AvgIpc) is 3.50. The van der Waals surface area contributed by atoms with E-state index in [0.717, 1.165) is 81.6 Å². The second-order valence-corrected chi connectivity index (χ2v) is 7.98. The number of hydrogen-bond donors (Lipinski definition) is 2. The minimum Gasteiger partial charge on any atom is -0.364 e. The zero-order valence-electron chi connectivity index (χ0n) is 18.5. The number of rotatable bonds is 5. The summed E-state index contributed by atoms with van der Waals surface area (Å²) in [6.07, 6.45) is 3.79. The fraction of sp³-hybridized carbons (Fsp3) is 0.500. The zero-order chi connectivity index (χ0) is 21.5. The van der Waals surface area contributed by atoms with Gasteiger partial charge in [0.2, 0.25) is 0 Å². The molecule has 2 aromatic rings. The van der Waals surface area contributed by atoms with Crippen LogP contribution in [0.15, 0.2) is 46.1 Å². The molecule has 0 atom stereocenters. The molecule has 4 rings (SSSR count). The van der Waals surface area contributed by atoms with Gasteiger partial charge in [0.25, 0.3) is 0 Å². The molecule has 2 aliphatic heterocycles. The van der Waals surface area contributed by atoms with Crippen LogP contribution in [0, 0.1) is 0 Å². The molecule has 2 N–H and O–H groups in total. The van der Waals surface area contributed by atoms with Crippen LogP contribution in [0.25, 0.3) is 0 Å². The van der Waals surface area contributed by atoms with E-state index in [1.807, 2.05) is 36.2 Å². The van der Waals surface area contributed by atoms with Crippen molar-refractivity contribution >= 4 is 41.7 Å². The summed E-state index contributed by atoms with van der Waals surface area (Å²) in [4.78, 5) is 23.3. The molecule has 2 amide bonds. The molecule has 0 aliphatic carbocycles. The predicted molar refractivity (Wildman–Crippen MR) is 135 cm³/mol. The second-order valence-electron chi connectivity index (χ2n) is 7.98. The Labute approximate surface area is 206 Å². The first kappa shape index (κ1) is 24.3. The SMILES string of the molecule is CN=C(NCc1cccc(NC(=O)N2CCCC2)c1)N1CCN(Cc2ccon2)CC1.I. The molecule has 174 valence electrons. The monoisotopic (exact) mass is 553 g/mol. The molecule has 2 saturated heterocycles. The van der Waals surface area contributed by atoms with Crippen molar-refractivity contribution < 1.29 is 9.32 Å². The number of benzene rings is 1. The third-order valence-electron chi connectivity index (χ3n) is 5.78. The number of carbonyl (C=O) groups excluding carboxylic acids is 1. The highest BCUT2D eigenvalue weighted by molar-refractivity contribution is 14.0. The van der Waals surface area contributed by atoms with Gasteiger partial charge in [0, 0.05) is 71.2 Å². The summed E-state index contributed by atoms with van der Waals surface area (Å²) in [6, 6.07) is 9.88. The Balaban J connectivity index is 0.00000289. The summed E-state index contributed by atoms with van der Waals surface area (Å²) in [5.41, 5.74) is 2.89. The number of likely N-dealkylation sites (tertiary alicyclic amines) is 1. The van der Waals surface area contributed by atoms with E-state index in [1.54, 1.807) is 6.26 Å². The highest BCUT2D eigenvalue weighted by Gasteiger charge is 2.20. The Morgan fingerprint density at radius 3 is 2.56 bits per heavy atom. The van der Waals surface area contributed by atoms with Crippen molar-refractivity contribution in [3.63, 3.8) is 0 Å². The molecule has 9 nitrogen and oxygen atoms in total. The quantitative estimate of drug-likeness (QED) is 0.337. The Morgan fingerprint density at radius 1 is 1.09 bits per heavy atom. The van der Waals surface area contributed by atoms with E-state index in [4.69, 9.17) is 4.52 Å². The fourth-order valence-corrected chi connectivity index (χ4v) is 4.06. The molecule has 0 saturated carbocycles. The Morgan fingerprint density at radius 2 is 1.88 bits per heavy atom. The lowest BCUT2D eigenvalue weighted by molar-refractivity contribution is 0.169. The van der Waals surface area contributed by atoms with Crippen molar-refractivity contribution in [3.05, 3.63) is 47.9 Å². The third-order valence-corrected chi connectivity index (χ3v) is 5.78. The number of hydrogen-bond acceptors (Lipinski definition) is 5. The van der Waals surface area contributed by atoms with Gasteiger partial charge in [0.15, 0.2) is 5.96 Å². The van der Waals surface area contributed by atoms with Crippen molar-refractivity contribution in [3.8, 4) is 0 Å². The highest BCUT2D eigenvalue weighted by atomic mass is 127. The van der Waals surface area contributed by atoms with Gasteiger partial charge < -0.3 is 25.0 Å². The maximum atomic E-state index is 12.3. The first-order valence-electron chi connectivity index (χ1n) is 10.9. The summed E-state index contributed by atoms with van der Waals surface area (Å²) >= 11 is 0. The number of carbonyl (C=O) groups is 1. The van der Waals surface area contributed by atoms with Crippen molar-refractivity contribution in [2.75, 3.05) is 51.6 Å². The van der Waals surface area contributed by atoms with Crippen LogP contribution in [0.3, 0.4) is 0 Å². The molecule has 10 heteroatoms. The normalized spacial score (nSPS) is 17.2. The predicted octanol–water partition coefficient (Wildman–Crippen LogP) is 2.81. The van der Waals surface area contributed by atoms with Gasteiger partial charge in [-0.3, -0.25) is 9.89 Å². The maximum Gasteiger partial charge on any atom is 0.321 e. The number of nitrogens with zero attached hydrogens (tertiary/aromatic N) is 5. The van der Waals surface area contributed by atoms with Gasteiger partial charge in [-0.15, -0.1) is 24.0 Å². The van der Waals surface area contributed by atoms with E-state index in [2.05, 4.69) is 36.6 Å². The Hall–Kier alpha value is -2.34. The van der Waals surface area contributed by atoms with Gasteiger partial charge in [0.1, 0.15) is 6.26 Å².